The smallest absolute Gasteiger partial charge is 0.270 e. The highest BCUT2D eigenvalue weighted by molar-refractivity contribution is 8.27. The molecule has 0 spiro atoms. The van der Waals surface area contributed by atoms with Crippen LogP contribution in [0.4, 0.5) is 5.69 Å². The van der Waals surface area contributed by atoms with E-state index in [4.69, 9.17) is 26.4 Å². The Kier molecular flexibility index (Phi) is 7.39. The van der Waals surface area contributed by atoms with Crippen LogP contribution in [0.1, 0.15) is 30.9 Å². The first-order chi connectivity index (χ1) is 14.5. The molecule has 158 valence electrons. The third-order valence-corrected chi connectivity index (χ3v) is 6.13. The Balaban J connectivity index is 1.90. The van der Waals surface area contributed by atoms with Gasteiger partial charge in [0.2, 0.25) is 5.75 Å². The van der Waals surface area contributed by atoms with E-state index in [9.17, 15) is 4.79 Å². The van der Waals surface area contributed by atoms with Crippen molar-refractivity contribution in [2.75, 3.05) is 26.2 Å². The lowest BCUT2D eigenvalue weighted by Gasteiger charge is -2.15. The fourth-order valence-corrected chi connectivity index (χ4v) is 4.55. The van der Waals surface area contributed by atoms with Crippen LogP contribution in [0, 0.1) is 0 Å². The third-order valence-electron chi connectivity index (χ3n) is 4.83. The molecule has 0 bridgehead atoms. The maximum atomic E-state index is 13.1. The molecule has 0 saturated carbocycles. The van der Waals surface area contributed by atoms with E-state index >= 15 is 0 Å². The molecule has 2 aromatic carbocycles. The topological polar surface area (TPSA) is 48.0 Å². The van der Waals surface area contributed by atoms with Gasteiger partial charge in [-0.2, -0.15) is 0 Å². The molecular formula is C23H25NO4S2. The van der Waals surface area contributed by atoms with E-state index in [2.05, 4.69) is 19.1 Å². The molecule has 1 amide bonds. The van der Waals surface area contributed by atoms with Gasteiger partial charge in [0.05, 0.1) is 31.9 Å². The fourth-order valence-electron chi connectivity index (χ4n) is 3.26. The van der Waals surface area contributed by atoms with Gasteiger partial charge in [0.25, 0.3) is 5.91 Å². The number of carbonyl (C=O) groups excluding carboxylic acids is 1. The highest BCUT2D eigenvalue weighted by atomic mass is 32.2. The van der Waals surface area contributed by atoms with Crippen molar-refractivity contribution in [2.24, 2.45) is 0 Å². The average Bonchev–Trinajstić information content (AvgIpc) is 3.04. The summed E-state index contributed by atoms with van der Waals surface area (Å²) in [5, 5.41) is 0. The Morgan fingerprint density at radius 2 is 1.70 bits per heavy atom. The Morgan fingerprint density at radius 3 is 2.30 bits per heavy atom. The minimum atomic E-state index is -0.150. The SMILES string of the molecule is CCCCc1ccc(N2C(=O)/C(=C/c3ccc(OC)c(OC)c3OC)SC2=S)cc1. The van der Waals surface area contributed by atoms with E-state index in [1.807, 2.05) is 18.2 Å². The Bertz CT molecular complexity index is 970. The number of amides is 1. The van der Waals surface area contributed by atoms with Gasteiger partial charge >= 0.3 is 0 Å². The molecule has 2 aromatic rings. The lowest BCUT2D eigenvalue weighted by atomic mass is 10.1. The third kappa shape index (κ3) is 4.47. The Morgan fingerprint density at radius 1 is 1.00 bits per heavy atom. The zero-order valence-electron chi connectivity index (χ0n) is 17.6. The molecule has 7 heteroatoms. The van der Waals surface area contributed by atoms with E-state index in [1.165, 1.54) is 17.3 Å². The standard InChI is InChI=1S/C23H25NO4S2/c1-5-6-7-15-8-11-17(12-9-15)24-22(25)19(30-23(24)29)14-16-10-13-18(26-2)21(28-4)20(16)27-3/h8-14H,5-7H2,1-4H3/b19-14-. The van der Waals surface area contributed by atoms with Gasteiger partial charge in [0, 0.05) is 5.56 Å². The van der Waals surface area contributed by atoms with Crippen LogP contribution in [0.25, 0.3) is 6.08 Å². The summed E-state index contributed by atoms with van der Waals surface area (Å²) >= 11 is 6.77. The first kappa shape index (κ1) is 22.2. The number of benzene rings is 2. The van der Waals surface area contributed by atoms with Gasteiger partial charge in [-0.05, 0) is 48.7 Å². The second-order valence-electron chi connectivity index (χ2n) is 6.71. The van der Waals surface area contributed by atoms with Gasteiger partial charge < -0.3 is 14.2 Å². The molecule has 1 aliphatic rings. The van der Waals surface area contributed by atoms with Crippen molar-refractivity contribution < 1.29 is 19.0 Å². The number of aryl methyl sites for hydroxylation is 1. The van der Waals surface area contributed by atoms with E-state index in [0.717, 1.165) is 24.9 Å². The molecule has 0 atom stereocenters. The summed E-state index contributed by atoms with van der Waals surface area (Å²) in [5.41, 5.74) is 2.75. The number of methoxy groups -OCH3 is 3. The normalized spacial score (nSPS) is 15.1. The molecule has 0 aromatic heterocycles. The van der Waals surface area contributed by atoms with E-state index < -0.39 is 0 Å². The minimum Gasteiger partial charge on any atom is -0.493 e. The van der Waals surface area contributed by atoms with E-state index in [0.29, 0.717) is 32.0 Å². The molecule has 1 fully saturated rings. The summed E-state index contributed by atoms with van der Waals surface area (Å²) in [5.74, 6) is 1.39. The maximum Gasteiger partial charge on any atom is 0.270 e. The number of thiocarbonyl (C=S) groups is 1. The number of thioether (sulfide) groups is 1. The number of nitrogens with zero attached hydrogens (tertiary/aromatic N) is 1. The van der Waals surface area contributed by atoms with E-state index in [1.54, 1.807) is 38.4 Å². The quantitative estimate of drug-likeness (QED) is 0.399. The summed E-state index contributed by atoms with van der Waals surface area (Å²) in [6, 6.07) is 11.6. The predicted molar refractivity (Wildman–Crippen MR) is 127 cm³/mol. The Labute approximate surface area is 187 Å². The first-order valence-electron chi connectivity index (χ1n) is 9.69. The lowest BCUT2D eigenvalue weighted by Crippen LogP contribution is -2.27. The van der Waals surface area contributed by atoms with Crippen LogP contribution in [0.15, 0.2) is 41.3 Å². The van der Waals surface area contributed by atoms with Crippen LogP contribution in [-0.2, 0) is 11.2 Å². The summed E-state index contributed by atoms with van der Waals surface area (Å²) < 4.78 is 16.8. The van der Waals surface area contributed by atoms with Crippen LogP contribution < -0.4 is 19.1 Å². The largest absolute Gasteiger partial charge is 0.493 e. The fraction of sp³-hybridized carbons (Fsp3) is 0.304. The molecule has 0 aliphatic carbocycles. The summed E-state index contributed by atoms with van der Waals surface area (Å²) in [4.78, 5) is 15.2. The summed E-state index contributed by atoms with van der Waals surface area (Å²) in [7, 11) is 4.67. The van der Waals surface area contributed by atoms with Crippen molar-refractivity contribution in [3.8, 4) is 17.2 Å². The zero-order valence-corrected chi connectivity index (χ0v) is 19.2. The molecule has 1 aliphatic heterocycles. The number of hydrogen-bond acceptors (Lipinski definition) is 6. The second kappa shape index (κ2) is 10.00. The van der Waals surface area contributed by atoms with Crippen LogP contribution in [0.2, 0.25) is 0 Å². The number of anilines is 1. The van der Waals surface area contributed by atoms with Gasteiger partial charge in [-0.25, -0.2) is 0 Å². The van der Waals surface area contributed by atoms with Crippen LogP contribution >= 0.6 is 24.0 Å². The van der Waals surface area contributed by atoms with Crippen molar-refractivity contribution in [1.82, 2.24) is 0 Å². The second-order valence-corrected chi connectivity index (χ2v) is 8.39. The molecule has 1 heterocycles. The molecule has 30 heavy (non-hydrogen) atoms. The van der Waals surface area contributed by atoms with Crippen molar-refractivity contribution in [3.63, 3.8) is 0 Å². The summed E-state index contributed by atoms with van der Waals surface area (Å²) in [6.45, 7) is 2.17. The van der Waals surface area contributed by atoms with Crippen LogP contribution in [-0.4, -0.2) is 31.6 Å². The zero-order chi connectivity index (χ0) is 21.7. The summed E-state index contributed by atoms with van der Waals surface area (Å²) in [6.07, 6.45) is 5.11. The molecule has 0 radical (unpaired) electrons. The van der Waals surface area contributed by atoms with Gasteiger partial charge in [-0.1, -0.05) is 49.5 Å². The van der Waals surface area contributed by atoms with Crippen LogP contribution in [0.3, 0.4) is 0 Å². The highest BCUT2D eigenvalue weighted by Gasteiger charge is 2.33. The molecule has 0 unspecified atom stereocenters. The number of ether oxygens (including phenoxy) is 3. The maximum absolute atomic E-state index is 13.1. The van der Waals surface area contributed by atoms with Gasteiger partial charge in [-0.3, -0.25) is 9.69 Å². The predicted octanol–water partition coefficient (Wildman–Crippen LogP) is 5.46. The van der Waals surface area contributed by atoms with Crippen molar-refractivity contribution in [1.29, 1.82) is 0 Å². The lowest BCUT2D eigenvalue weighted by molar-refractivity contribution is -0.113. The molecule has 0 N–H and O–H groups in total. The van der Waals surface area contributed by atoms with Crippen LogP contribution in [0.5, 0.6) is 17.2 Å². The molecule has 5 nitrogen and oxygen atoms in total. The molecular weight excluding hydrogens is 418 g/mol. The molecule has 3 rings (SSSR count). The number of hydrogen-bond donors (Lipinski definition) is 0. The van der Waals surface area contributed by atoms with Crippen molar-refractivity contribution >= 4 is 46.0 Å². The van der Waals surface area contributed by atoms with Gasteiger partial charge in [0.15, 0.2) is 15.8 Å². The van der Waals surface area contributed by atoms with Crippen molar-refractivity contribution in [3.05, 3.63) is 52.4 Å². The average molecular weight is 444 g/mol. The first-order valence-corrected chi connectivity index (χ1v) is 10.9. The monoisotopic (exact) mass is 443 g/mol. The minimum absolute atomic E-state index is 0.150. The number of unbranched alkanes of at least 4 members (excludes halogenated alkanes) is 1. The number of carbonyl (C=O) groups is 1. The molecule has 1 saturated heterocycles. The van der Waals surface area contributed by atoms with Gasteiger partial charge in [-0.15, -0.1) is 0 Å². The van der Waals surface area contributed by atoms with E-state index in [-0.39, 0.29) is 5.91 Å². The Hall–Kier alpha value is -2.51. The number of rotatable bonds is 8. The highest BCUT2D eigenvalue weighted by Crippen LogP contribution is 2.43. The van der Waals surface area contributed by atoms with Crippen molar-refractivity contribution in [2.45, 2.75) is 26.2 Å². The van der Waals surface area contributed by atoms with Gasteiger partial charge in [0.1, 0.15) is 0 Å².